The minimum Gasteiger partial charge on any atom is -0.474 e. The van der Waals surface area contributed by atoms with Crippen molar-refractivity contribution in [2.24, 2.45) is 5.92 Å². The number of nitrogens with zero attached hydrogens (tertiary/aromatic N) is 2. The van der Waals surface area contributed by atoms with Crippen LogP contribution >= 0.6 is 0 Å². The Kier molecular flexibility index (Phi) is 4.35. The average Bonchev–Trinajstić information content (AvgIpc) is 2.37. The van der Waals surface area contributed by atoms with E-state index < -0.39 is 12.0 Å². The van der Waals surface area contributed by atoms with Crippen molar-refractivity contribution >= 4 is 5.82 Å². The van der Waals surface area contributed by atoms with E-state index in [1.165, 1.54) is 6.07 Å². The summed E-state index contributed by atoms with van der Waals surface area (Å²) in [5, 5.41) is 0. The van der Waals surface area contributed by atoms with Crippen molar-refractivity contribution < 1.29 is 17.9 Å². The molecule has 1 fully saturated rings. The Labute approximate surface area is 115 Å². The smallest absolute Gasteiger partial charge is 0.451 e. The largest absolute Gasteiger partial charge is 0.474 e. The number of rotatable bonds is 3. The number of aromatic nitrogens is 2. The first-order valence-electron chi connectivity index (χ1n) is 6.78. The summed E-state index contributed by atoms with van der Waals surface area (Å²) in [4.78, 5) is 6.63. The highest BCUT2D eigenvalue weighted by Gasteiger charge is 2.36. The molecule has 1 saturated carbocycles. The Balaban J connectivity index is 2.18. The molecule has 0 saturated heterocycles. The van der Waals surface area contributed by atoms with E-state index >= 15 is 0 Å². The number of nitrogen functional groups attached to an aromatic ring is 1. The second kappa shape index (κ2) is 5.85. The summed E-state index contributed by atoms with van der Waals surface area (Å²) in [5.74, 6) is -1.22. The summed E-state index contributed by atoms with van der Waals surface area (Å²) in [6.45, 7) is 2.06. The Morgan fingerprint density at radius 3 is 2.65 bits per heavy atom. The van der Waals surface area contributed by atoms with Crippen LogP contribution < -0.4 is 10.5 Å². The first-order chi connectivity index (χ1) is 9.40. The quantitative estimate of drug-likeness (QED) is 0.926. The van der Waals surface area contributed by atoms with Crippen LogP contribution in [0.2, 0.25) is 0 Å². The SMILES string of the molecule is CCC1CCCCC1Oc1cc(N)nc(C(F)(F)F)n1. The summed E-state index contributed by atoms with van der Waals surface area (Å²) in [5.41, 5.74) is 5.40. The summed E-state index contributed by atoms with van der Waals surface area (Å²) < 4.78 is 43.5. The van der Waals surface area contributed by atoms with Crippen LogP contribution in [0.1, 0.15) is 44.9 Å². The molecule has 112 valence electrons. The lowest BCUT2D eigenvalue weighted by Gasteiger charge is -2.30. The third-order valence-electron chi connectivity index (χ3n) is 3.61. The van der Waals surface area contributed by atoms with Gasteiger partial charge in [-0.25, -0.2) is 4.98 Å². The topological polar surface area (TPSA) is 61.0 Å². The molecule has 0 amide bonds. The van der Waals surface area contributed by atoms with Crippen LogP contribution in [-0.2, 0) is 6.18 Å². The summed E-state index contributed by atoms with van der Waals surface area (Å²) in [6, 6.07) is 1.25. The number of halogens is 3. The molecule has 4 nitrogen and oxygen atoms in total. The van der Waals surface area contributed by atoms with Crippen molar-refractivity contribution in [1.82, 2.24) is 9.97 Å². The van der Waals surface area contributed by atoms with Gasteiger partial charge in [-0.05, 0) is 31.6 Å². The van der Waals surface area contributed by atoms with E-state index in [0.717, 1.165) is 32.1 Å². The van der Waals surface area contributed by atoms with Gasteiger partial charge in [0.05, 0.1) is 0 Å². The van der Waals surface area contributed by atoms with E-state index in [1.54, 1.807) is 0 Å². The molecule has 2 atom stereocenters. The van der Waals surface area contributed by atoms with Crippen LogP contribution in [-0.4, -0.2) is 16.1 Å². The van der Waals surface area contributed by atoms with Gasteiger partial charge in [0.2, 0.25) is 11.7 Å². The van der Waals surface area contributed by atoms with Gasteiger partial charge in [0.1, 0.15) is 11.9 Å². The van der Waals surface area contributed by atoms with E-state index in [0.29, 0.717) is 5.92 Å². The van der Waals surface area contributed by atoms with Crippen molar-refractivity contribution in [3.63, 3.8) is 0 Å². The number of alkyl halides is 3. The molecule has 0 bridgehead atoms. The zero-order chi connectivity index (χ0) is 14.8. The highest BCUT2D eigenvalue weighted by molar-refractivity contribution is 5.33. The van der Waals surface area contributed by atoms with Crippen LogP contribution in [0.5, 0.6) is 5.88 Å². The fraction of sp³-hybridized carbons (Fsp3) is 0.692. The number of hydrogen-bond acceptors (Lipinski definition) is 4. The van der Waals surface area contributed by atoms with Crippen molar-refractivity contribution in [3.8, 4) is 5.88 Å². The molecule has 1 heterocycles. The standard InChI is InChI=1S/C13H18F3N3O/c1-2-8-5-3-4-6-9(8)20-11-7-10(17)18-12(19-11)13(14,15)16/h7-9H,2-6H2,1H3,(H2,17,18,19). The fourth-order valence-electron chi connectivity index (χ4n) is 2.58. The highest BCUT2D eigenvalue weighted by Crippen LogP contribution is 2.32. The van der Waals surface area contributed by atoms with E-state index in [9.17, 15) is 13.2 Å². The monoisotopic (exact) mass is 289 g/mol. The Bertz CT molecular complexity index is 465. The molecule has 1 aromatic rings. The first kappa shape index (κ1) is 14.9. The van der Waals surface area contributed by atoms with Gasteiger partial charge < -0.3 is 10.5 Å². The van der Waals surface area contributed by atoms with E-state index in [2.05, 4.69) is 16.9 Å². The molecule has 2 N–H and O–H groups in total. The molecule has 1 aliphatic carbocycles. The van der Waals surface area contributed by atoms with Crippen LogP contribution in [0.25, 0.3) is 0 Å². The maximum absolute atomic E-state index is 12.6. The third kappa shape index (κ3) is 3.52. The molecule has 2 rings (SSSR count). The lowest BCUT2D eigenvalue weighted by Crippen LogP contribution is -2.30. The van der Waals surface area contributed by atoms with Gasteiger partial charge in [-0.3, -0.25) is 0 Å². The second-order valence-corrected chi connectivity index (χ2v) is 5.06. The maximum atomic E-state index is 12.6. The van der Waals surface area contributed by atoms with Gasteiger partial charge in [-0.2, -0.15) is 18.2 Å². The molecule has 20 heavy (non-hydrogen) atoms. The van der Waals surface area contributed by atoms with Crippen molar-refractivity contribution in [2.75, 3.05) is 5.73 Å². The van der Waals surface area contributed by atoms with Gasteiger partial charge in [0.25, 0.3) is 0 Å². The lowest BCUT2D eigenvalue weighted by atomic mass is 9.85. The predicted molar refractivity (Wildman–Crippen MR) is 68.1 cm³/mol. The number of ether oxygens (including phenoxy) is 1. The molecule has 7 heteroatoms. The summed E-state index contributed by atoms with van der Waals surface area (Å²) >= 11 is 0. The van der Waals surface area contributed by atoms with E-state index in [4.69, 9.17) is 10.5 Å². The third-order valence-corrected chi connectivity index (χ3v) is 3.61. The fourth-order valence-corrected chi connectivity index (χ4v) is 2.58. The van der Waals surface area contributed by atoms with Crippen molar-refractivity contribution in [3.05, 3.63) is 11.9 Å². The zero-order valence-electron chi connectivity index (χ0n) is 11.3. The van der Waals surface area contributed by atoms with Crippen molar-refractivity contribution in [2.45, 2.75) is 51.3 Å². The zero-order valence-corrected chi connectivity index (χ0v) is 11.3. The molecule has 0 aliphatic heterocycles. The van der Waals surface area contributed by atoms with Crippen molar-refractivity contribution in [1.29, 1.82) is 0 Å². The first-order valence-corrected chi connectivity index (χ1v) is 6.78. The maximum Gasteiger partial charge on any atom is 0.451 e. The molecular weight excluding hydrogens is 271 g/mol. The van der Waals surface area contributed by atoms with E-state index in [1.807, 2.05) is 0 Å². The van der Waals surface area contributed by atoms with Crippen LogP contribution in [0.3, 0.4) is 0 Å². The van der Waals surface area contributed by atoms with Crippen LogP contribution in [0.4, 0.5) is 19.0 Å². The van der Waals surface area contributed by atoms with E-state index in [-0.39, 0.29) is 17.8 Å². The number of hydrogen-bond donors (Lipinski definition) is 1. The van der Waals surface area contributed by atoms with Gasteiger partial charge in [0, 0.05) is 6.07 Å². The van der Waals surface area contributed by atoms with Crippen LogP contribution in [0, 0.1) is 5.92 Å². The Hall–Kier alpha value is -1.53. The molecule has 1 aliphatic rings. The van der Waals surface area contributed by atoms with Gasteiger partial charge >= 0.3 is 6.18 Å². The molecule has 0 radical (unpaired) electrons. The molecule has 0 spiro atoms. The van der Waals surface area contributed by atoms with Crippen LogP contribution in [0.15, 0.2) is 6.07 Å². The minimum atomic E-state index is -4.62. The normalized spacial score (nSPS) is 23.6. The number of anilines is 1. The van der Waals surface area contributed by atoms with Gasteiger partial charge in [0.15, 0.2) is 0 Å². The average molecular weight is 289 g/mol. The molecule has 2 unspecified atom stereocenters. The summed E-state index contributed by atoms with van der Waals surface area (Å²) in [7, 11) is 0. The molecule has 0 aromatic carbocycles. The Morgan fingerprint density at radius 2 is 2.00 bits per heavy atom. The van der Waals surface area contributed by atoms with Gasteiger partial charge in [-0.15, -0.1) is 0 Å². The van der Waals surface area contributed by atoms with Gasteiger partial charge in [-0.1, -0.05) is 13.3 Å². The molecular formula is C13H18F3N3O. The summed E-state index contributed by atoms with van der Waals surface area (Å²) in [6.07, 6.45) is 0.259. The predicted octanol–water partition coefficient (Wildman–Crippen LogP) is 3.43. The highest BCUT2D eigenvalue weighted by atomic mass is 19.4. The lowest BCUT2D eigenvalue weighted by molar-refractivity contribution is -0.145. The Morgan fingerprint density at radius 1 is 1.30 bits per heavy atom. The second-order valence-electron chi connectivity index (χ2n) is 5.06. The molecule has 1 aromatic heterocycles. The minimum absolute atomic E-state index is 0.0878. The number of nitrogens with two attached hydrogens (primary N) is 1.